The first-order valence-electron chi connectivity index (χ1n) is 8.11. The molecular formula is C19H23N2O2+. The van der Waals surface area contributed by atoms with Gasteiger partial charge in [-0.05, 0) is 39.3 Å². The maximum atomic E-state index is 12.2. The van der Waals surface area contributed by atoms with Crippen LogP contribution in [0.1, 0.15) is 39.2 Å². The van der Waals surface area contributed by atoms with E-state index in [4.69, 9.17) is 9.40 Å². The monoisotopic (exact) mass is 311 g/mol. The Morgan fingerprint density at radius 1 is 1.13 bits per heavy atom. The van der Waals surface area contributed by atoms with Gasteiger partial charge in [0, 0.05) is 24.7 Å². The summed E-state index contributed by atoms with van der Waals surface area (Å²) in [6.45, 7) is 7.02. The molecule has 4 heteroatoms. The Labute approximate surface area is 137 Å². The van der Waals surface area contributed by atoms with Gasteiger partial charge in [0.15, 0.2) is 0 Å². The second-order valence-corrected chi connectivity index (χ2v) is 6.95. The van der Waals surface area contributed by atoms with Crippen molar-refractivity contribution in [3.8, 4) is 0 Å². The molecule has 0 radical (unpaired) electrons. The number of fused-ring (bicyclic) bond motifs is 1. The number of amides is 1. The largest absolute Gasteiger partial charge is 0.444 e. The number of benzene rings is 1. The highest BCUT2D eigenvalue weighted by Crippen LogP contribution is 2.19. The Morgan fingerprint density at radius 3 is 2.52 bits per heavy atom. The van der Waals surface area contributed by atoms with E-state index >= 15 is 0 Å². The molecule has 0 atom stereocenters. The van der Waals surface area contributed by atoms with Gasteiger partial charge in [-0.3, -0.25) is 0 Å². The lowest BCUT2D eigenvalue weighted by Gasteiger charge is -2.25. The molecule has 23 heavy (non-hydrogen) atoms. The van der Waals surface area contributed by atoms with E-state index in [2.05, 4.69) is 18.2 Å². The average Bonchev–Trinajstić information content (AvgIpc) is 2.80. The highest BCUT2D eigenvalue weighted by atomic mass is 16.6. The van der Waals surface area contributed by atoms with Crippen LogP contribution in [0.15, 0.2) is 42.0 Å². The van der Waals surface area contributed by atoms with Crippen LogP contribution in [0.25, 0.3) is 0 Å². The zero-order valence-electron chi connectivity index (χ0n) is 14.0. The van der Waals surface area contributed by atoms with E-state index in [-0.39, 0.29) is 6.09 Å². The third-order valence-corrected chi connectivity index (χ3v) is 3.93. The molecule has 0 bridgehead atoms. The van der Waals surface area contributed by atoms with Gasteiger partial charge in [0.2, 0.25) is 0 Å². The summed E-state index contributed by atoms with van der Waals surface area (Å²) in [6, 6.07) is 10.2. The first kappa shape index (κ1) is 15.6. The van der Waals surface area contributed by atoms with Crippen LogP contribution < -0.4 is 4.67 Å². The SMILES string of the molecule is CC(C)(C)OC(=O)N1CCC2=CC(c3ccccc3)=[N+]=C2CC1. The van der Waals surface area contributed by atoms with Crippen LogP contribution in [0.4, 0.5) is 4.79 Å². The Bertz CT molecular complexity index is 705. The predicted octanol–water partition coefficient (Wildman–Crippen LogP) is 2.95. The van der Waals surface area contributed by atoms with E-state index in [1.165, 1.54) is 5.57 Å². The van der Waals surface area contributed by atoms with Crippen molar-refractivity contribution in [3.63, 3.8) is 0 Å². The summed E-state index contributed by atoms with van der Waals surface area (Å²) in [7, 11) is 0. The topological polar surface area (TPSA) is 43.6 Å². The first-order valence-corrected chi connectivity index (χ1v) is 8.11. The van der Waals surface area contributed by atoms with Gasteiger partial charge in [0.1, 0.15) is 5.60 Å². The molecule has 2 aliphatic rings. The predicted molar refractivity (Wildman–Crippen MR) is 92.8 cm³/mol. The molecule has 120 valence electrons. The minimum Gasteiger partial charge on any atom is -0.444 e. The molecule has 1 aromatic carbocycles. The third-order valence-electron chi connectivity index (χ3n) is 3.93. The molecule has 0 aliphatic carbocycles. The lowest BCUT2D eigenvalue weighted by atomic mass is 10.0. The molecule has 4 nitrogen and oxygen atoms in total. The molecule has 1 amide bonds. The van der Waals surface area contributed by atoms with Gasteiger partial charge in [0.25, 0.3) is 0 Å². The fourth-order valence-electron chi connectivity index (χ4n) is 2.80. The van der Waals surface area contributed by atoms with Crippen LogP contribution in [0.2, 0.25) is 0 Å². The summed E-state index contributed by atoms with van der Waals surface area (Å²) >= 11 is 0. The summed E-state index contributed by atoms with van der Waals surface area (Å²) in [5, 5.41) is 0. The van der Waals surface area contributed by atoms with E-state index in [1.807, 2.05) is 39.0 Å². The van der Waals surface area contributed by atoms with Gasteiger partial charge < -0.3 is 9.64 Å². The molecule has 0 saturated carbocycles. The number of allylic oxidation sites excluding steroid dienone is 1. The molecule has 1 fully saturated rings. The number of ether oxygens (including phenoxy) is 1. The molecule has 0 spiro atoms. The Hall–Kier alpha value is -2.32. The molecule has 1 saturated heterocycles. The fourth-order valence-corrected chi connectivity index (χ4v) is 2.80. The normalized spacial score (nSPS) is 17.7. The van der Waals surface area contributed by atoms with Gasteiger partial charge in [-0.15, -0.1) is 0 Å². The fraction of sp³-hybridized carbons (Fsp3) is 0.421. The van der Waals surface area contributed by atoms with Crippen LogP contribution in [-0.2, 0) is 4.74 Å². The summed E-state index contributed by atoms with van der Waals surface area (Å²) in [5.41, 5.74) is 4.07. The number of nitrogens with zero attached hydrogens (tertiary/aromatic N) is 2. The van der Waals surface area contributed by atoms with Crippen molar-refractivity contribution in [3.05, 3.63) is 47.5 Å². The molecular weight excluding hydrogens is 288 g/mol. The number of carbonyl (C=O) groups is 1. The lowest BCUT2D eigenvalue weighted by Crippen LogP contribution is -2.37. The van der Waals surface area contributed by atoms with Gasteiger partial charge in [0.05, 0.1) is 12.0 Å². The maximum Gasteiger partial charge on any atom is 0.410 e. The van der Waals surface area contributed by atoms with Crippen molar-refractivity contribution >= 4 is 17.5 Å². The minimum absolute atomic E-state index is 0.231. The number of hydrogen-bond acceptors (Lipinski definition) is 2. The van der Waals surface area contributed by atoms with Crippen molar-refractivity contribution in [2.24, 2.45) is 0 Å². The quantitative estimate of drug-likeness (QED) is 0.748. The van der Waals surface area contributed by atoms with Crippen LogP contribution in [0.3, 0.4) is 0 Å². The maximum absolute atomic E-state index is 12.2. The minimum atomic E-state index is -0.454. The highest BCUT2D eigenvalue weighted by Gasteiger charge is 2.33. The number of hydrogen-bond donors (Lipinski definition) is 0. The van der Waals surface area contributed by atoms with E-state index < -0.39 is 5.60 Å². The zero-order valence-corrected chi connectivity index (χ0v) is 14.0. The van der Waals surface area contributed by atoms with Gasteiger partial charge in [-0.25, -0.2) is 4.79 Å². The smallest absolute Gasteiger partial charge is 0.410 e. The Kier molecular flexibility index (Phi) is 4.10. The number of rotatable bonds is 1. The van der Waals surface area contributed by atoms with Crippen molar-refractivity contribution < 1.29 is 9.53 Å². The zero-order chi connectivity index (χ0) is 16.4. The van der Waals surface area contributed by atoms with Crippen LogP contribution >= 0.6 is 0 Å². The van der Waals surface area contributed by atoms with E-state index in [9.17, 15) is 4.79 Å². The highest BCUT2D eigenvalue weighted by molar-refractivity contribution is 6.20. The second-order valence-electron chi connectivity index (χ2n) is 6.95. The van der Waals surface area contributed by atoms with Crippen molar-refractivity contribution in [2.75, 3.05) is 13.1 Å². The van der Waals surface area contributed by atoms with E-state index in [1.54, 1.807) is 4.90 Å². The standard InChI is InChI=1S/C19H23N2O2/c1-19(2,3)23-18(22)21-11-9-15-13-17(20-16(15)10-12-21)14-7-5-4-6-8-14/h4-8,13H,9-12H2,1-3H3/q+1. The lowest BCUT2D eigenvalue weighted by molar-refractivity contribution is 0.0261. The average molecular weight is 311 g/mol. The van der Waals surface area contributed by atoms with E-state index in [0.717, 1.165) is 29.8 Å². The summed E-state index contributed by atoms with van der Waals surface area (Å²) in [5.74, 6) is 0. The molecule has 0 unspecified atom stereocenters. The number of carbonyl (C=O) groups excluding carboxylic acids is 1. The Balaban J connectivity index is 1.73. The van der Waals surface area contributed by atoms with Crippen LogP contribution in [-0.4, -0.2) is 41.1 Å². The Morgan fingerprint density at radius 2 is 1.83 bits per heavy atom. The van der Waals surface area contributed by atoms with Crippen LogP contribution in [0.5, 0.6) is 0 Å². The van der Waals surface area contributed by atoms with Gasteiger partial charge in [-0.1, -0.05) is 22.9 Å². The summed E-state index contributed by atoms with van der Waals surface area (Å²) in [4.78, 5) is 14.0. The third kappa shape index (κ3) is 3.72. The van der Waals surface area contributed by atoms with Crippen LogP contribution in [0, 0.1) is 0 Å². The van der Waals surface area contributed by atoms with Crippen molar-refractivity contribution in [1.29, 1.82) is 0 Å². The molecule has 0 N–H and O–H groups in total. The van der Waals surface area contributed by atoms with Gasteiger partial charge >= 0.3 is 17.5 Å². The molecule has 0 aromatic heterocycles. The number of likely N-dealkylation sites (tertiary alicyclic amines) is 1. The molecule has 3 rings (SSSR count). The molecule has 1 aromatic rings. The van der Waals surface area contributed by atoms with E-state index in [0.29, 0.717) is 13.1 Å². The second kappa shape index (κ2) is 6.05. The summed E-state index contributed by atoms with van der Waals surface area (Å²) in [6.07, 6.45) is 3.53. The van der Waals surface area contributed by atoms with Crippen molar-refractivity contribution in [2.45, 2.75) is 39.2 Å². The van der Waals surface area contributed by atoms with Gasteiger partial charge in [-0.2, -0.15) is 0 Å². The molecule has 2 aliphatic heterocycles. The molecule has 2 heterocycles. The van der Waals surface area contributed by atoms with Crippen molar-refractivity contribution in [1.82, 2.24) is 9.57 Å². The first-order chi connectivity index (χ1) is 10.9. The summed E-state index contributed by atoms with van der Waals surface area (Å²) < 4.78 is 10.2.